The molecule has 0 N–H and O–H groups in total. The molecular weight excluding hydrogens is 320 g/mol. The Balaban J connectivity index is 2.06. The van der Waals surface area contributed by atoms with E-state index in [-0.39, 0.29) is 5.78 Å². The number of Topliss-reactive ketones (excluding diaryl/α,β-unsaturated/α-hetero) is 1. The van der Waals surface area contributed by atoms with E-state index in [1.807, 2.05) is 12.1 Å². The number of halogens is 1. The van der Waals surface area contributed by atoms with E-state index >= 15 is 0 Å². The Morgan fingerprint density at radius 1 is 1.00 bits per heavy atom. The summed E-state index contributed by atoms with van der Waals surface area (Å²) in [5.74, 6) is -0.725. The van der Waals surface area contributed by atoms with Crippen LogP contribution in [0.25, 0.3) is 0 Å². The Morgan fingerprint density at radius 2 is 1.65 bits per heavy atom. The molecule has 20 heavy (non-hydrogen) atoms. The predicted molar refractivity (Wildman–Crippen MR) is 79.8 cm³/mol. The van der Waals surface area contributed by atoms with Crippen LogP contribution in [0.3, 0.4) is 0 Å². The van der Waals surface area contributed by atoms with Crippen molar-refractivity contribution in [2.45, 2.75) is 13.0 Å². The van der Waals surface area contributed by atoms with Crippen LogP contribution in [0.5, 0.6) is 0 Å². The van der Waals surface area contributed by atoms with Crippen molar-refractivity contribution in [3.63, 3.8) is 0 Å². The molecule has 0 heterocycles. The lowest BCUT2D eigenvalue weighted by molar-refractivity contribution is 0.0319. The van der Waals surface area contributed by atoms with Gasteiger partial charge in [0.25, 0.3) is 0 Å². The zero-order valence-electron chi connectivity index (χ0n) is 10.9. The van der Waals surface area contributed by atoms with Gasteiger partial charge in [-0.05, 0) is 25.1 Å². The fourth-order valence-electron chi connectivity index (χ4n) is 1.73. The topological polar surface area (TPSA) is 43.4 Å². The van der Waals surface area contributed by atoms with Crippen LogP contribution < -0.4 is 0 Å². The summed E-state index contributed by atoms with van der Waals surface area (Å²) in [6.07, 6.45) is -0.816. The third-order valence-electron chi connectivity index (χ3n) is 2.77. The van der Waals surface area contributed by atoms with Gasteiger partial charge < -0.3 is 4.74 Å². The van der Waals surface area contributed by atoms with Crippen LogP contribution in [0.4, 0.5) is 0 Å². The molecular formula is C16H13BrO3. The summed E-state index contributed by atoms with van der Waals surface area (Å²) in [5, 5.41) is 0. The Hall–Kier alpha value is -1.94. The molecule has 102 valence electrons. The van der Waals surface area contributed by atoms with Crippen molar-refractivity contribution < 1.29 is 14.3 Å². The molecule has 0 aromatic heterocycles. The van der Waals surface area contributed by atoms with Crippen LogP contribution in [0.2, 0.25) is 0 Å². The standard InChI is InChI=1S/C16H13BrO3/c1-11(15(18)12-6-3-2-4-7-12)20-16(19)13-8-5-9-14(17)10-13/h2-11H,1H3/t11-/m1/s1. The van der Waals surface area contributed by atoms with E-state index < -0.39 is 12.1 Å². The van der Waals surface area contributed by atoms with Gasteiger partial charge in [0, 0.05) is 10.0 Å². The van der Waals surface area contributed by atoms with Crippen molar-refractivity contribution in [2.24, 2.45) is 0 Å². The number of ether oxygens (including phenoxy) is 1. The zero-order valence-corrected chi connectivity index (χ0v) is 12.5. The van der Waals surface area contributed by atoms with Crippen LogP contribution in [-0.4, -0.2) is 17.9 Å². The van der Waals surface area contributed by atoms with Crippen molar-refractivity contribution in [3.8, 4) is 0 Å². The van der Waals surface area contributed by atoms with E-state index in [1.165, 1.54) is 0 Å². The first-order valence-electron chi connectivity index (χ1n) is 6.14. The minimum Gasteiger partial charge on any atom is -0.451 e. The van der Waals surface area contributed by atoms with Crippen molar-refractivity contribution >= 4 is 27.7 Å². The Kier molecular flexibility index (Phi) is 4.69. The molecule has 0 aliphatic rings. The minimum absolute atomic E-state index is 0.214. The van der Waals surface area contributed by atoms with Crippen LogP contribution in [-0.2, 0) is 4.74 Å². The number of hydrogen-bond acceptors (Lipinski definition) is 3. The summed E-state index contributed by atoms with van der Waals surface area (Å²) in [5.41, 5.74) is 0.939. The van der Waals surface area contributed by atoms with E-state index in [1.54, 1.807) is 49.4 Å². The summed E-state index contributed by atoms with van der Waals surface area (Å²) >= 11 is 3.29. The van der Waals surface area contributed by atoms with Gasteiger partial charge in [0.1, 0.15) is 0 Å². The molecule has 0 fully saturated rings. The van der Waals surface area contributed by atoms with Gasteiger partial charge in [-0.15, -0.1) is 0 Å². The van der Waals surface area contributed by atoms with E-state index in [2.05, 4.69) is 15.9 Å². The highest BCUT2D eigenvalue weighted by atomic mass is 79.9. The number of benzene rings is 2. The number of esters is 1. The monoisotopic (exact) mass is 332 g/mol. The SMILES string of the molecule is C[C@@H](OC(=O)c1cccc(Br)c1)C(=O)c1ccccc1. The summed E-state index contributed by atoms with van der Waals surface area (Å²) in [7, 11) is 0. The summed E-state index contributed by atoms with van der Waals surface area (Å²) in [6.45, 7) is 1.57. The lowest BCUT2D eigenvalue weighted by atomic mass is 10.1. The van der Waals surface area contributed by atoms with Crippen molar-refractivity contribution in [2.75, 3.05) is 0 Å². The second-order valence-corrected chi connectivity index (χ2v) is 5.20. The maximum atomic E-state index is 12.1. The normalized spacial score (nSPS) is 11.7. The molecule has 0 amide bonds. The quantitative estimate of drug-likeness (QED) is 0.630. The lowest BCUT2D eigenvalue weighted by Crippen LogP contribution is -2.24. The number of carbonyl (C=O) groups excluding carboxylic acids is 2. The molecule has 1 atom stereocenters. The van der Waals surface area contributed by atoms with Crippen LogP contribution >= 0.6 is 15.9 Å². The average molecular weight is 333 g/mol. The van der Waals surface area contributed by atoms with E-state index in [0.29, 0.717) is 11.1 Å². The Morgan fingerprint density at radius 3 is 2.30 bits per heavy atom. The predicted octanol–water partition coefficient (Wildman–Crippen LogP) is 3.88. The van der Waals surface area contributed by atoms with Crippen molar-refractivity contribution in [3.05, 3.63) is 70.2 Å². The molecule has 4 heteroatoms. The number of hydrogen-bond donors (Lipinski definition) is 0. The first kappa shape index (κ1) is 14.5. The summed E-state index contributed by atoms with van der Waals surface area (Å²) in [4.78, 5) is 24.0. The second kappa shape index (κ2) is 6.48. The molecule has 2 aromatic rings. The molecule has 0 saturated heterocycles. The van der Waals surface area contributed by atoms with Gasteiger partial charge in [0.05, 0.1) is 5.56 Å². The molecule has 0 unspecified atom stereocenters. The highest BCUT2D eigenvalue weighted by molar-refractivity contribution is 9.10. The molecule has 2 rings (SSSR count). The van der Waals surface area contributed by atoms with Crippen molar-refractivity contribution in [1.82, 2.24) is 0 Å². The molecule has 0 bridgehead atoms. The number of rotatable bonds is 4. The molecule has 0 saturated carbocycles. The fraction of sp³-hybridized carbons (Fsp3) is 0.125. The third kappa shape index (κ3) is 3.54. The molecule has 0 radical (unpaired) electrons. The van der Waals surface area contributed by atoms with Gasteiger partial charge in [-0.3, -0.25) is 4.79 Å². The lowest BCUT2D eigenvalue weighted by Gasteiger charge is -2.12. The molecule has 0 aliphatic carbocycles. The Bertz CT molecular complexity index is 623. The van der Waals surface area contributed by atoms with Crippen LogP contribution in [0.1, 0.15) is 27.6 Å². The fourth-order valence-corrected chi connectivity index (χ4v) is 2.13. The smallest absolute Gasteiger partial charge is 0.338 e. The second-order valence-electron chi connectivity index (χ2n) is 4.29. The summed E-state index contributed by atoms with van der Waals surface area (Å²) in [6, 6.07) is 15.6. The number of ketones is 1. The molecule has 0 aliphatic heterocycles. The molecule has 2 aromatic carbocycles. The van der Waals surface area contributed by atoms with Gasteiger partial charge in [-0.25, -0.2) is 4.79 Å². The average Bonchev–Trinajstić information content (AvgIpc) is 2.47. The van der Waals surface area contributed by atoms with Gasteiger partial charge in [0.15, 0.2) is 6.10 Å². The van der Waals surface area contributed by atoms with E-state index in [4.69, 9.17) is 4.74 Å². The zero-order chi connectivity index (χ0) is 14.5. The Labute approximate surface area is 125 Å². The maximum Gasteiger partial charge on any atom is 0.338 e. The highest BCUT2D eigenvalue weighted by Gasteiger charge is 2.20. The largest absolute Gasteiger partial charge is 0.451 e. The van der Waals surface area contributed by atoms with Crippen LogP contribution in [0.15, 0.2) is 59.1 Å². The first-order chi connectivity index (χ1) is 9.58. The minimum atomic E-state index is -0.816. The van der Waals surface area contributed by atoms with Gasteiger partial charge in [-0.2, -0.15) is 0 Å². The van der Waals surface area contributed by atoms with Gasteiger partial charge >= 0.3 is 5.97 Å². The molecule has 3 nitrogen and oxygen atoms in total. The van der Waals surface area contributed by atoms with E-state index in [0.717, 1.165) is 4.47 Å². The van der Waals surface area contributed by atoms with Gasteiger partial charge in [0.2, 0.25) is 5.78 Å². The maximum absolute atomic E-state index is 12.1. The number of carbonyl (C=O) groups is 2. The van der Waals surface area contributed by atoms with Crippen LogP contribution in [0, 0.1) is 0 Å². The van der Waals surface area contributed by atoms with E-state index in [9.17, 15) is 9.59 Å². The van der Waals surface area contributed by atoms with Gasteiger partial charge in [-0.1, -0.05) is 52.3 Å². The first-order valence-corrected chi connectivity index (χ1v) is 6.93. The molecule has 0 spiro atoms. The highest BCUT2D eigenvalue weighted by Crippen LogP contribution is 2.14. The van der Waals surface area contributed by atoms with Crippen molar-refractivity contribution in [1.29, 1.82) is 0 Å². The summed E-state index contributed by atoms with van der Waals surface area (Å²) < 4.78 is 5.98. The third-order valence-corrected chi connectivity index (χ3v) is 3.26.